The topological polar surface area (TPSA) is 175 Å². The number of carbonyl (C=O) groups is 4. The molecule has 5 atom stereocenters. The highest BCUT2D eigenvalue weighted by atomic mass is 32.2. The Bertz CT molecular complexity index is 1740. The number of methoxy groups -OCH3 is 2. The van der Waals surface area contributed by atoms with Gasteiger partial charge in [-0.05, 0) is 36.7 Å². The summed E-state index contributed by atoms with van der Waals surface area (Å²) in [5, 5.41) is 5.79. The molecule has 0 radical (unpaired) electrons. The molecular weight excluding hydrogens is 693 g/mol. The van der Waals surface area contributed by atoms with Crippen LogP contribution in [-0.4, -0.2) is 104 Å². The van der Waals surface area contributed by atoms with Crippen LogP contribution in [0.1, 0.15) is 76.5 Å². The maximum atomic E-state index is 13.3. The lowest BCUT2D eigenvalue weighted by Gasteiger charge is -2.42. The summed E-state index contributed by atoms with van der Waals surface area (Å²) in [7, 11) is 2.56. The van der Waals surface area contributed by atoms with Crippen molar-refractivity contribution >= 4 is 52.4 Å². The minimum Gasteiger partial charge on any atom is -0.453 e. The smallest absolute Gasteiger partial charge is 0.407 e. The number of carbonyl (C=O) groups excluding carboxylic acids is 4. The fraction of sp³-hybridized carbons (Fsp3) is 0.543. The number of alkyl carbamates (subject to hydrolysis) is 2. The summed E-state index contributed by atoms with van der Waals surface area (Å²) in [6, 6.07) is -1.56. The summed E-state index contributed by atoms with van der Waals surface area (Å²) in [6.45, 7) is 10.9. The molecule has 4 N–H and O–H groups in total. The molecule has 0 bridgehead atoms. The number of ether oxygens (including phenoxy) is 2. The summed E-state index contributed by atoms with van der Waals surface area (Å²) < 4.78 is 9.43. The highest BCUT2D eigenvalue weighted by molar-refractivity contribution is 8.12. The number of fused-ring (bicyclic) bond motifs is 1. The van der Waals surface area contributed by atoms with Gasteiger partial charge < -0.3 is 39.9 Å². The SMILES string of the molecule is CCCN(Cc1ncc(C#CC2=CC3SC(c4cnc(C5CCN5C(=O)C(NC(=O)OC)C(C)C)[nH]4)=CC3S2)[nH]1)C(=O)C(NC(=O)OC)C(C)C. The first-order valence-electron chi connectivity index (χ1n) is 17.1. The molecule has 2 aromatic heterocycles. The van der Waals surface area contributed by atoms with Crippen LogP contribution in [0.5, 0.6) is 0 Å². The average molecular weight is 739 g/mol. The molecule has 51 heavy (non-hydrogen) atoms. The zero-order chi connectivity index (χ0) is 36.8. The van der Waals surface area contributed by atoms with E-state index in [1.54, 1.807) is 39.5 Å². The number of H-pyrrole nitrogens is 2. The second-order valence-corrected chi connectivity index (χ2v) is 15.7. The molecule has 5 rings (SSSR count). The summed E-state index contributed by atoms with van der Waals surface area (Å²) in [5.74, 6) is 7.23. The molecule has 5 unspecified atom stereocenters. The van der Waals surface area contributed by atoms with Gasteiger partial charge in [0.1, 0.15) is 29.4 Å². The molecule has 3 aliphatic heterocycles. The van der Waals surface area contributed by atoms with E-state index in [4.69, 9.17) is 9.47 Å². The van der Waals surface area contributed by atoms with Crippen molar-refractivity contribution in [3.05, 3.63) is 52.5 Å². The molecule has 3 aliphatic rings. The zero-order valence-corrected chi connectivity index (χ0v) is 31.6. The lowest BCUT2D eigenvalue weighted by molar-refractivity contribution is -0.142. The van der Waals surface area contributed by atoms with E-state index in [2.05, 4.69) is 54.6 Å². The predicted octanol–water partition coefficient (Wildman–Crippen LogP) is 4.41. The third-order valence-corrected chi connectivity index (χ3v) is 11.5. The number of nitrogens with one attached hydrogen (secondary N) is 4. The maximum absolute atomic E-state index is 13.3. The summed E-state index contributed by atoms with van der Waals surface area (Å²) >= 11 is 3.47. The minimum absolute atomic E-state index is 0.0952. The number of hydrogen-bond acceptors (Lipinski definition) is 10. The molecule has 14 nitrogen and oxygen atoms in total. The van der Waals surface area contributed by atoms with Gasteiger partial charge in [-0.1, -0.05) is 46.6 Å². The van der Waals surface area contributed by atoms with Crippen LogP contribution in [0.4, 0.5) is 9.59 Å². The van der Waals surface area contributed by atoms with Gasteiger partial charge in [0.25, 0.3) is 0 Å². The van der Waals surface area contributed by atoms with Gasteiger partial charge in [0.2, 0.25) is 11.8 Å². The Morgan fingerprint density at radius 1 is 0.961 bits per heavy atom. The first-order valence-corrected chi connectivity index (χ1v) is 18.8. The van der Waals surface area contributed by atoms with E-state index >= 15 is 0 Å². The summed E-state index contributed by atoms with van der Waals surface area (Å²) in [5.41, 5.74) is 1.57. The fourth-order valence-electron chi connectivity index (χ4n) is 5.98. The van der Waals surface area contributed by atoms with Gasteiger partial charge in [-0.3, -0.25) is 9.59 Å². The standard InChI is InChI=1S/C35H46N8O6S2/c1-8-12-42(32(44)29(19(2)3)40-34(46)48-6)18-28-36-16-21(38-28)9-10-22-14-26-27(50-22)15-25(51-26)23-17-37-31(39-23)24-11-13-43(24)33(45)30(20(4)5)41-35(47)49-7/h14-17,19-20,24,26-27,29-30H,8,11-13,18H2,1-7H3,(H,36,38)(H,37,39)(H,40,46)(H,41,47). The zero-order valence-electron chi connectivity index (χ0n) is 29.9. The maximum Gasteiger partial charge on any atom is 0.407 e. The Morgan fingerprint density at radius 3 is 2.25 bits per heavy atom. The second kappa shape index (κ2) is 16.8. The third kappa shape index (κ3) is 8.93. The van der Waals surface area contributed by atoms with Crippen LogP contribution in [0.2, 0.25) is 0 Å². The first kappa shape index (κ1) is 37.9. The molecule has 0 spiro atoms. The van der Waals surface area contributed by atoms with E-state index < -0.39 is 24.3 Å². The molecule has 5 heterocycles. The van der Waals surface area contributed by atoms with E-state index in [0.29, 0.717) is 24.6 Å². The number of likely N-dealkylation sites (tertiary alicyclic amines) is 1. The van der Waals surface area contributed by atoms with Crippen LogP contribution in [0.3, 0.4) is 0 Å². The average Bonchev–Trinajstić information content (AvgIpc) is 3.88. The molecule has 4 amide bonds. The van der Waals surface area contributed by atoms with E-state index in [1.807, 2.05) is 40.8 Å². The van der Waals surface area contributed by atoms with Crippen molar-refractivity contribution < 1.29 is 28.7 Å². The van der Waals surface area contributed by atoms with Crippen molar-refractivity contribution in [3.63, 3.8) is 0 Å². The van der Waals surface area contributed by atoms with Gasteiger partial charge in [-0.2, -0.15) is 0 Å². The van der Waals surface area contributed by atoms with Crippen LogP contribution >= 0.6 is 23.5 Å². The number of hydrogen-bond donors (Lipinski definition) is 4. The van der Waals surface area contributed by atoms with Crippen molar-refractivity contribution in [2.24, 2.45) is 11.8 Å². The van der Waals surface area contributed by atoms with Gasteiger partial charge in [-0.25, -0.2) is 19.6 Å². The molecule has 0 aromatic carbocycles. The van der Waals surface area contributed by atoms with Gasteiger partial charge in [0.05, 0.1) is 49.8 Å². The Morgan fingerprint density at radius 2 is 1.65 bits per heavy atom. The Hall–Kier alpha value is -4.36. The van der Waals surface area contributed by atoms with Crippen molar-refractivity contribution in [2.75, 3.05) is 27.3 Å². The highest BCUT2D eigenvalue weighted by Crippen LogP contribution is 2.50. The van der Waals surface area contributed by atoms with Crippen molar-refractivity contribution in [1.29, 1.82) is 0 Å². The van der Waals surface area contributed by atoms with Gasteiger partial charge >= 0.3 is 12.2 Å². The lowest BCUT2D eigenvalue weighted by atomic mass is 9.96. The number of aromatic amines is 2. The molecular formula is C35H46N8O6S2. The molecule has 1 saturated heterocycles. The van der Waals surface area contributed by atoms with Crippen molar-refractivity contribution in [1.82, 2.24) is 40.4 Å². The van der Waals surface area contributed by atoms with E-state index in [-0.39, 0.29) is 46.7 Å². The number of nitrogens with zero attached hydrogens (tertiary/aromatic N) is 4. The number of amides is 4. The monoisotopic (exact) mass is 738 g/mol. The normalized spacial score (nSPS) is 20.3. The Kier molecular flexibility index (Phi) is 12.5. The summed E-state index contributed by atoms with van der Waals surface area (Å²) in [6.07, 6.45) is 8.18. The van der Waals surface area contributed by atoms with Gasteiger partial charge in [0, 0.05) is 28.5 Å². The van der Waals surface area contributed by atoms with Crippen LogP contribution in [0, 0.1) is 23.7 Å². The molecule has 0 saturated carbocycles. The second-order valence-electron chi connectivity index (χ2n) is 13.2. The van der Waals surface area contributed by atoms with Crippen LogP contribution in [0.15, 0.2) is 29.5 Å². The molecule has 16 heteroatoms. The Balaban J connectivity index is 1.16. The molecule has 1 fully saturated rings. The quantitative estimate of drug-likeness (QED) is 0.229. The molecule has 274 valence electrons. The van der Waals surface area contributed by atoms with Crippen LogP contribution in [-0.2, 0) is 25.6 Å². The Labute approximate surface area is 306 Å². The first-order chi connectivity index (χ1) is 24.4. The molecule has 0 aliphatic carbocycles. The van der Waals surface area contributed by atoms with Crippen LogP contribution in [0.25, 0.3) is 4.91 Å². The van der Waals surface area contributed by atoms with Crippen LogP contribution < -0.4 is 10.6 Å². The number of aromatic nitrogens is 4. The van der Waals surface area contributed by atoms with Gasteiger partial charge in [-0.15, -0.1) is 23.5 Å². The lowest BCUT2D eigenvalue weighted by Crippen LogP contribution is -2.56. The van der Waals surface area contributed by atoms with Crippen molar-refractivity contribution in [2.45, 2.75) is 82.6 Å². The van der Waals surface area contributed by atoms with E-state index in [0.717, 1.165) is 34.2 Å². The largest absolute Gasteiger partial charge is 0.453 e. The summed E-state index contributed by atoms with van der Waals surface area (Å²) in [4.78, 5) is 71.6. The van der Waals surface area contributed by atoms with E-state index in [1.165, 1.54) is 14.2 Å². The predicted molar refractivity (Wildman–Crippen MR) is 196 cm³/mol. The number of allylic oxidation sites excluding steroid dienone is 1. The van der Waals surface area contributed by atoms with Crippen molar-refractivity contribution in [3.8, 4) is 11.8 Å². The molecule has 2 aromatic rings. The minimum atomic E-state index is -0.712. The number of rotatable bonds is 12. The van der Waals surface area contributed by atoms with E-state index in [9.17, 15) is 19.2 Å². The number of imidazole rings is 2. The highest BCUT2D eigenvalue weighted by Gasteiger charge is 2.41. The fourth-order valence-corrected chi connectivity index (χ4v) is 8.70. The third-order valence-electron chi connectivity index (χ3n) is 8.84. The van der Waals surface area contributed by atoms with Gasteiger partial charge in [0.15, 0.2) is 0 Å². The number of thioether (sulfide) groups is 2.